The summed E-state index contributed by atoms with van der Waals surface area (Å²) < 4.78 is 5.28. The molecule has 0 spiro atoms. The summed E-state index contributed by atoms with van der Waals surface area (Å²) in [6.07, 6.45) is 4.69. The van der Waals surface area contributed by atoms with E-state index < -0.39 is 0 Å². The van der Waals surface area contributed by atoms with Crippen LogP contribution in [0.1, 0.15) is 60.8 Å². The van der Waals surface area contributed by atoms with Gasteiger partial charge in [-0.1, -0.05) is 6.92 Å². The van der Waals surface area contributed by atoms with Crippen molar-refractivity contribution >= 4 is 28.2 Å². The Hall–Kier alpha value is -1.44. The quantitative estimate of drug-likeness (QED) is 0.707. The number of likely N-dealkylation sites (tertiary alicyclic amines) is 1. The second-order valence-corrected chi connectivity index (χ2v) is 9.21. The molecule has 1 fully saturated rings. The van der Waals surface area contributed by atoms with Crippen molar-refractivity contribution in [3.63, 3.8) is 0 Å². The molecule has 1 aliphatic heterocycles. The lowest BCUT2D eigenvalue weighted by Gasteiger charge is -2.34. The first-order valence-electron chi connectivity index (χ1n) is 10.4. The standard InChI is InChI=1S/C21H32N2O4S/c1-4-27-21(26)18-16-6-5-13(2)11-17(16)28-20(18)22-19(25)14(3)23-9-7-15(12-24)8-10-23/h13-15,24H,4-12H2,1-3H3,(H,22,25). The van der Waals surface area contributed by atoms with E-state index >= 15 is 0 Å². The van der Waals surface area contributed by atoms with Crippen molar-refractivity contribution in [1.82, 2.24) is 4.90 Å². The van der Waals surface area contributed by atoms with Gasteiger partial charge in [-0.15, -0.1) is 11.3 Å². The normalized spacial score (nSPS) is 21.8. The molecule has 0 saturated carbocycles. The highest BCUT2D eigenvalue weighted by Gasteiger charge is 2.31. The monoisotopic (exact) mass is 408 g/mol. The molecule has 2 aliphatic rings. The van der Waals surface area contributed by atoms with E-state index in [1.54, 1.807) is 6.92 Å². The van der Waals surface area contributed by atoms with Crippen LogP contribution in [0.2, 0.25) is 0 Å². The second kappa shape index (κ2) is 9.37. The molecular formula is C21H32N2O4S. The van der Waals surface area contributed by atoms with Crippen LogP contribution >= 0.6 is 11.3 Å². The van der Waals surface area contributed by atoms with Crippen molar-refractivity contribution in [3.05, 3.63) is 16.0 Å². The summed E-state index contributed by atoms with van der Waals surface area (Å²) in [5.41, 5.74) is 1.63. The molecule has 1 aromatic heterocycles. The molecule has 156 valence electrons. The number of ether oxygens (including phenoxy) is 1. The van der Waals surface area contributed by atoms with Gasteiger partial charge in [-0.05, 0) is 76.4 Å². The van der Waals surface area contributed by atoms with Gasteiger partial charge in [0.1, 0.15) is 5.00 Å². The van der Waals surface area contributed by atoms with Gasteiger partial charge in [-0.25, -0.2) is 4.79 Å². The zero-order valence-corrected chi connectivity index (χ0v) is 17.9. The third kappa shape index (κ3) is 4.58. The number of amides is 1. The van der Waals surface area contributed by atoms with Crippen molar-refractivity contribution in [1.29, 1.82) is 0 Å². The topological polar surface area (TPSA) is 78.9 Å². The predicted molar refractivity (Wildman–Crippen MR) is 111 cm³/mol. The van der Waals surface area contributed by atoms with Crippen molar-refractivity contribution in [3.8, 4) is 0 Å². The fourth-order valence-corrected chi connectivity index (χ4v) is 5.56. The minimum absolute atomic E-state index is 0.0837. The number of carbonyl (C=O) groups is 2. The van der Waals surface area contributed by atoms with Crippen molar-refractivity contribution in [2.24, 2.45) is 11.8 Å². The molecule has 2 atom stereocenters. The fraction of sp³-hybridized carbons (Fsp3) is 0.714. The largest absolute Gasteiger partial charge is 0.462 e. The smallest absolute Gasteiger partial charge is 0.341 e. The Morgan fingerprint density at radius 2 is 2.04 bits per heavy atom. The lowest BCUT2D eigenvalue weighted by atomic mass is 9.88. The lowest BCUT2D eigenvalue weighted by Crippen LogP contribution is -2.46. The lowest BCUT2D eigenvalue weighted by molar-refractivity contribution is -0.121. The van der Waals surface area contributed by atoms with Gasteiger partial charge in [0.25, 0.3) is 0 Å². The number of carbonyl (C=O) groups excluding carboxylic acids is 2. The molecule has 2 heterocycles. The van der Waals surface area contributed by atoms with Crippen LogP contribution < -0.4 is 5.32 Å². The number of piperidine rings is 1. The van der Waals surface area contributed by atoms with Crippen molar-refractivity contribution < 1.29 is 19.4 Å². The molecule has 2 N–H and O–H groups in total. The molecule has 7 heteroatoms. The molecule has 1 amide bonds. The first-order valence-corrected chi connectivity index (χ1v) is 11.2. The molecule has 1 aromatic rings. The number of aliphatic hydroxyl groups excluding tert-OH is 1. The third-order valence-corrected chi connectivity index (χ3v) is 7.23. The van der Waals surface area contributed by atoms with Gasteiger partial charge in [-0.3, -0.25) is 9.69 Å². The maximum absolute atomic E-state index is 12.9. The Morgan fingerprint density at radius 1 is 1.32 bits per heavy atom. The van der Waals surface area contributed by atoms with Gasteiger partial charge in [-0.2, -0.15) is 0 Å². The maximum Gasteiger partial charge on any atom is 0.341 e. The third-order valence-electron chi connectivity index (χ3n) is 6.06. The van der Waals surface area contributed by atoms with E-state index in [4.69, 9.17) is 4.74 Å². The summed E-state index contributed by atoms with van der Waals surface area (Å²) in [5, 5.41) is 13.0. The minimum Gasteiger partial charge on any atom is -0.462 e. The number of hydrogen-bond acceptors (Lipinski definition) is 6. The van der Waals surface area contributed by atoms with Gasteiger partial charge in [0.15, 0.2) is 0 Å². The van der Waals surface area contributed by atoms with E-state index in [0.29, 0.717) is 29.0 Å². The zero-order chi connectivity index (χ0) is 20.3. The Balaban J connectivity index is 1.75. The first-order chi connectivity index (χ1) is 13.4. The van der Waals surface area contributed by atoms with Gasteiger partial charge in [0.2, 0.25) is 5.91 Å². The maximum atomic E-state index is 12.9. The van der Waals surface area contributed by atoms with E-state index in [9.17, 15) is 14.7 Å². The minimum atomic E-state index is -0.332. The number of fused-ring (bicyclic) bond motifs is 1. The highest BCUT2D eigenvalue weighted by Crippen LogP contribution is 2.40. The Labute approximate surface area is 171 Å². The van der Waals surface area contributed by atoms with E-state index in [-0.39, 0.29) is 24.5 Å². The summed E-state index contributed by atoms with van der Waals surface area (Å²) in [6.45, 7) is 8.10. The van der Waals surface area contributed by atoms with Crippen LogP contribution in [0.4, 0.5) is 5.00 Å². The number of aliphatic hydroxyl groups is 1. The summed E-state index contributed by atoms with van der Waals surface area (Å²) in [6, 6.07) is -0.271. The molecule has 2 unspecified atom stereocenters. The second-order valence-electron chi connectivity index (χ2n) is 8.10. The zero-order valence-electron chi connectivity index (χ0n) is 17.1. The molecular weight excluding hydrogens is 376 g/mol. The van der Waals surface area contributed by atoms with Crippen LogP contribution in [0, 0.1) is 11.8 Å². The molecule has 1 aliphatic carbocycles. The molecule has 0 radical (unpaired) electrons. The number of esters is 1. The van der Waals surface area contributed by atoms with Gasteiger partial charge < -0.3 is 15.2 Å². The number of thiophene rings is 1. The molecule has 6 nitrogen and oxygen atoms in total. The SMILES string of the molecule is CCOC(=O)c1c(NC(=O)C(C)N2CCC(CO)CC2)sc2c1CCC(C)C2. The average Bonchev–Trinajstić information content (AvgIpc) is 3.04. The Bertz CT molecular complexity index is 710. The van der Waals surface area contributed by atoms with Crippen LogP contribution in [-0.2, 0) is 22.4 Å². The van der Waals surface area contributed by atoms with Gasteiger partial charge >= 0.3 is 5.97 Å². The van der Waals surface area contributed by atoms with Crippen LogP contribution in [-0.4, -0.2) is 54.2 Å². The fourth-order valence-electron chi connectivity index (χ4n) is 4.16. The molecule has 0 bridgehead atoms. The average molecular weight is 409 g/mol. The van der Waals surface area contributed by atoms with E-state index in [2.05, 4.69) is 17.1 Å². The Morgan fingerprint density at radius 3 is 2.68 bits per heavy atom. The van der Waals surface area contributed by atoms with Crippen LogP contribution in [0.5, 0.6) is 0 Å². The molecule has 0 aromatic carbocycles. The summed E-state index contributed by atoms with van der Waals surface area (Å²) in [7, 11) is 0. The highest BCUT2D eigenvalue weighted by molar-refractivity contribution is 7.17. The number of anilines is 1. The van der Waals surface area contributed by atoms with Crippen LogP contribution in [0.25, 0.3) is 0 Å². The summed E-state index contributed by atoms with van der Waals surface area (Å²) in [4.78, 5) is 28.9. The highest BCUT2D eigenvalue weighted by atomic mass is 32.1. The van der Waals surface area contributed by atoms with E-state index in [1.165, 1.54) is 16.2 Å². The first kappa shape index (κ1) is 21.3. The summed E-state index contributed by atoms with van der Waals surface area (Å²) >= 11 is 1.53. The number of nitrogens with one attached hydrogen (secondary N) is 1. The number of hydrogen-bond donors (Lipinski definition) is 2. The summed E-state index contributed by atoms with van der Waals surface area (Å²) in [5.74, 6) is 0.519. The molecule has 3 rings (SSSR count). The van der Waals surface area contributed by atoms with Gasteiger partial charge in [0, 0.05) is 11.5 Å². The van der Waals surface area contributed by atoms with Crippen molar-refractivity contribution in [2.75, 3.05) is 31.6 Å². The molecule has 1 saturated heterocycles. The van der Waals surface area contributed by atoms with Gasteiger partial charge in [0.05, 0.1) is 18.2 Å². The van der Waals surface area contributed by atoms with Crippen LogP contribution in [0.3, 0.4) is 0 Å². The number of rotatable bonds is 6. The Kier molecular flexibility index (Phi) is 7.12. The molecule has 28 heavy (non-hydrogen) atoms. The van der Waals surface area contributed by atoms with E-state index in [0.717, 1.165) is 50.8 Å². The van der Waals surface area contributed by atoms with Crippen molar-refractivity contribution in [2.45, 2.75) is 58.9 Å². The van der Waals surface area contributed by atoms with E-state index in [1.807, 2.05) is 6.92 Å². The predicted octanol–water partition coefficient (Wildman–Crippen LogP) is 3.08. The number of nitrogens with zero attached hydrogens (tertiary/aromatic N) is 1. The van der Waals surface area contributed by atoms with Crippen LogP contribution in [0.15, 0.2) is 0 Å².